The maximum absolute atomic E-state index is 12.2. The number of hydrogen-bond acceptors (Lipinski definition) is 6. The highest BCUT2D eigenvalue weighted by Gasteiger charge is 2.20. The van der Waals surface area contributed by atoms with Crippen molar-refractivity contribution in [3.63, 3.8) is 0 Å². The quantitative estimate of drug-likeness (QED) is 0.437. The van der Waals surface area contributed by atoms with Gasteiger partial charge in [0.25, 0.3) is 11.6 Å². The van der Waals surface area contributed by atoms with E-state index < -0.39 is 30.0 Å². The molecule has 1 amide bonds. The second-order valence-electron chi connectivity index (χ2n) is 5.69. The van der Waals surface area contributed by atoms with Crippen LogP contribution in [0.1, 0.15) is 21.5 Å². The number of ether oxygens (including phenoxy) is 2. The number of halogens is 2. The zero-order chi connectivity index (χ0) is 20.8. The van der Waals surface area contributed by atoms with Crippen LogP contribution < -0.4 is 10.1 Å². The van der Waals surface area contributed by atoms with Crippen LogP contribution in [0.25, 0.3) is 0 Å². The van der Waals surface area contributed by atoms with E-state index in [4.69, 9.17) is 4.74 Å². The number of anilines is 1. The van der Waals surface area contributed by atoms with Gasteiger partial charge >= 0.3 is 12.6 Å². The highest BCUT2D eigenvalue weighted by atomic mass is 19.3. The Morgan fingerprint density at radius 1 is 1.21 bits per heavy atom. The van der Waals surface area contributed by atoms with Crippen LogP contribution in [-0.2, 0) is 9.53 Å². The molecule has 0 heterocycles. The Kier molecular flexibility index (Phi) is 6.59. The van der Waals surface area contributed by atoms with Crippen molar-refractivity contribution in [1.29, 1.82) is 0 Å². The fraction of sp³-hybridized carbons (Fsp3) is 0.222. The lowest BCUT2D eigenvalue weighted by Crippen LogP contribution is -2.22. The summed E-state index contributed by atoms with van der Waals surface area (Å²) in [5, 5.41) is 13.5. The first-order valence-corrected chi connectivity index (χ1v) is 7.95. The Labute approximate surface area is 158 Å². The summed E-state index contributed by atoms with van der Waals surface area (Å²) in [6.07, 6.45) is 0. The van der Waals surface area contributed by atoms with Crippen LogP contribution in [0.2, 0.25) is 0 Å². The minimum atomic E-state index is -3.05. The molecule has 2 aromatic rings. The molecule has 0 aliphatic heterocycles. The Morgan fingerprint density at radius 3 is 2.57 bits per heavy atom. The van der Waals surface area contributed by atoms with Crippen LogP contribution in [-0.4, -0.2) is 30.0 Å². The smallest absolute Gasteiger partial charge is 0.387 e. The van der Waals surface area contributed by atoms with Crippen molar-refractivity contribution < 1.29 is 32.8 Å². The van der Waals surface area contributed by atoms with Crippen LogP contribution in [0.4, 0.5) is 20.2 Å². The summed E-state index contributed by atoms with van der Waals surface area (Å²) in [5.74, 6) is -1.96. The topological polar surface area (TPSA) is 108 Å². The summed E-state index contributed by atoms with van der Waals surface area (Å²) < 4.78 is 33.5. The summed E-state index contributed by atoms with van der Waals surface area (Å²) in [6.45, 7) is -0.435. The lowest BCUT2D eigenvalue weighted by molar-refractivity contribution is -0.384. The Hall–Kier alpha value is -3.56. The Bertz CT molecular complexity index is 917. The number of rotatable bonds is 7. The number of aryl methyl sites for hydroxylation is 1. The maximum Gasteiger partial charge on any atom is 0.387 e. The van der Waals surface area contributed by atoms with E-state index in [1.165, 1.54) is 24.3 Å². The van der Waals surface area contributed by atoms with Crippen LogP contribution in [0.15, 0.2) is 36.4 Å². The number of carbonyl (C=O) groups excluding carboxylic acids is 2. The predicted octanol–water partition coefficient (Wildman–Crippen LogP) is 3.61. The molecule has 0 fully saturated rings. The number of carbonyl (C=O) groups is 2. The predicted molar refractivity (Wildman–Crippen MR) is 94.6 cm³/mol. The van der Waals surface area contributed by atoms with Crippen LogP contribution in [0.5, 0.6) is 5.75 Å². The fourth-order valence-electron chi connectivity index (χ4n) is 2.30. The van der Waals surface area contributed by atoms with Gasteiger partial charge in [0.2, 0.25) is 0 Å². The van der Waals surface area contributed by atoms with Gasteiger partial charge in [0.05, 0.1) is 10.5 Å². The lowest BCUT2D eigenvalue weighted by Gasteiger charge is -2.11. The molecular weight excluding hydrogens is 378 g/mol. The maximum atomic E-state index is 12.2. The molecule has 0 radical (unpaired) electrons. The average molecular weight is 394 g/mol. The zero-order valence-electron chi connectivity index (χ0n) is 14.9. The molecule has 28 heavy (non-hydrogen) atoms. The third kappa shape index (κ3) is 5.22. The minimum absolute atomic E-state index is 0.0124. The molecule has 0 aliphatic rings. The normalized spacial score (nSPS) is 10.5. The van der Waals surface area contributed by atoms with E-state index in [9.17, 15) is 28.5 Å². The zero-order valence-corrected chi connectivity index (χ0v) is 14.9. The van der Waals surface area contributed by atoms with Gasteiger partial charge in [-0.1, -0.05) is 12.1 Å². The third-order valence-electron chi connectivity index (χ3n) is 3.80. The number of esters is 1. The van der Waals surface area contributed by atoms with Crippen molar-refractivity contribution in [2.75, 3.05) is 11.9 Å². The second-order valence-corrected chi connectivity index (χ2v) is 5.69. The van der Waals surface area contributed by atoms with Crippen LogP contribution in [0, 0.1) is 24.0 Å². The van der Waals surface area contributed by atoms with Crippen molar-refractivity contribution >= 4 is 23.3 Å². The van der Waals surface area contributed by atoms with E-state index in [1.807, 2.05) is 0 Å². The molecule has 2 rings (SSSR count). The summed E-state index contributed by atoms with van der Waals surface area (Å²) >= 11 is 0. The molecule has 2 aromatic carbocycles. The van der Waals surface area contributed by atoms with Gasteiger partial charge in [0, 0.05) is 6.07 Å². The van der Waals surface area contributed by atoms with Gasteiger partial charge in [-0.2, -0.15) is 8.78 Å². The molecule has 0 saturated carbocycles. The molecule has 0 atom stereocenters. The van der Waals surface area contributed by atoms with Crippen molar-refractivity contribution in [2.24, 2.45) is 0 Å². The largest absolute Gasteiger partial charge is 0.452 e. The SMILES string of the molecule is Cc1ccc([N+](=O)[O-])c(NC(=O)COC(=O)c2cccc(OC(F)F)c2)c1C. The standard InChI is InChI=1S/C18H16F2N2O6/c1-10-6-7-14(22(25)26)16(11(10)2)21-15(23)9-27-17(24)12-4-3-5-13(8-12)28-18(19)20/h3-8,18H,9H2,1-2H3,(H,21,23). The van der Waals surface area contributed by atoms with Gasteiger partial charge in [-0.15, -0.1) is 0 Å². The van der Waals surface area contributed by atoms with Gasteiger partial charge in [0.1, 0.15) is 11.4 Å². The van der Waals surface area contributed by atoms with Crippen LogP contribution >= 0.6 is 0 Å². The molecule has 0 aromatic heterocycles. The van der Waals surface area contributed by atoms with Gasteiger partial charge in [-0.05, 0) is 43.2 Å². The fourth-order valence-corrected chi connectivity index (χ4v) is 2.30. The lowest BCUT2D eigenvalue weighted by atomic mass is 10.1. The molecule has 0 aliphatic carbocycles. The molecular formula is C18H16F2N2O6. The number of alkyl halides is 2. The molecule has 148 valence electrons. The van der Waals surface area contributed by atoms with Crippen molar-refractivity contribution in [1.82, 2.24) is 0 Å². The number of nitro benzene ring substituents is 1. The molecule has 0 saturated heterocycles. The highest BCUT2D eigenvalue weighted by Crippen LogP contribution is 2.30. The number of nitrogens with zero attached hydrogens (tertiary/aromatic N) is 1. The van der Waals surface area contributed by atoms with Gasteiger partial charge in [-0.3, -0.25) is 14.9 Å². The second kappa shape index (κ2) is 8.89. The van der Waals surface area contributed by atoms with E-state index in [2.05, 4.69) is 10.1 Å². The summed E-state index contributed by atoms with van der Waals surface area (Å²) in [6, 6.07) is 7.70. The van der Waals surface area contributed by atoms with Gasteiger partial charge in [0.15, 0.2) is 6.61 Å². The molecule has 8 nitrogen and oxygen atoms in total. The Balaban J connectivity index is 2.04. The van der Waals surface area contributed by atoms with E-state index in [1.54, 1.807) is 19.9 Å². The first kappa shape index (κ1) is 20.7. The van der Waals surface area contributed by atoms with E-state index in [0.29, 0.717) is 5.56 Å². The van der Waals surface area contributed by atoms with Crippen molar-refractivity contribution in [2.45, 2.75) is 20.5 Å². The highest BCUT2D eigenvalue weighted by molar-refractivity contribution is 5.97. The van der Waals surface area contributed by atoms with Crippen molar-refractivity contribution in [3.8, 4) is 5.75 Å². The minimum Gasteiger partial charge on any atom is -0.452 e. The molecule has 0 spiro atoms. The number of nitrogens with one attached hydrogen (secondary N) is 1. The third-order valence-corrected chi connectivity index (χ3v) is 3.80. The van der Waals surface area contributed by atoms with Gasteiger partial charge < -0.3 is 14.8 Å². The Morgan fingerprint density at radius 2 is 1.93 bits per heavy atom. The van der Waals surface area contributed by atoms with E-state index in [-0.39, 0.29) is 22.7 Å². The molecule has 10 heteroatoms. The number of nitro groups is 1. The number of amides is 1. The van der Waals surface area contributed by atoms with Crippen LogP contribution in [0.3, 0.4) is 0 Å². The van der Waals surface area contributed by atoms with Gasteiger partial charge in [-0.25, -0.2) is 4.79 Å². The first-order chi connectivity index (χ1) is 13.2. The summed E-state index contributed by atoms with van der Waals surface area (Å²) in [5.41, 5.74) is 0.862. The monoisotopic (exact) mass is 394 g/mol. The van der Waals surface area contributed by atoms with E-state index >= 15 is 0 Å². The average Bonchev–Trinajstić information content (AvgIpc) is 2.63. The van der Waals surface area contributed by atoms with Crippen molar-refractivity contribution in [3.05, 3.63) is 63.2 Å². The molecule has 0 unspecified atom stereocenters. The number of benzene rings is 2. The number of hydrogen-bond donors (Lipinski definition) is 1. The van der Waals surface area contributed by atoms with E-state index in [0.717, 1.165) is 11.6 Å². The summed E-state index contributed by atoms with van der Waals surface area (Å²) in [7, 11) is 0. The molecule has 0 bridgehead atoms. The molecule has 1 N–H and O–H groups in total. The first-order valence-electron chi connectivity index (χ1n) is 7.95. The summed E-state index contributed by atoms with van der Waals surface area (Å²) in [4.78, 5) is 34.5.